The van der Waals surface area contributed by atoms with Crippen LogP contribution < -0.4 is 10.6 Å². The lowest BCUT2D eigenvalue weighted by molar-refractivity contribution is -0.136. The molecule has 10 nitrogen and oxygen atoms in total. The summed E-state index contributed by atoms with van der Waals surface area (Å²) in [5, 5.41) is 8.43. The minimum Gasteiger partial charge on any atom is -0.357 e. The molecule has 0 saturated heterocycles. The van der Waals surface area contributed by atoms with Crippen LogP contribution >= 0.6 is 0 Å². The van der Waals surface area contributed by atoms with Crippen molar-refractivity contribution in [2.45, 2.75) is 25.8 Å². The second kappa shape index (κ2) is 13.4. The van der Waals surface area contributed by atoms with Crippen molar-refractivity contribution in [2.75, 3.05) is 20.6 Å². The van der Waals surface area contributed by atoms with Crippen molar-refractivity contribution >= 4 is 30.3 Å². The highest BCUT2D eigenvalue weighted by atomic mass is 16.5. The Labute approximate surface area is 180 Å². The summed E-state index contributed by atoms with van der Waals surface area (Å²) in [5.41, 5.74) is 0.0587. The van der Waals surface area contributed by atoms with Gasteiger partial charge in [-0.05, 0) is 19.4 Å². The first-order chi connectivity index (χ1) is 14.9. The van der Waals surface area contributed by atoms with Crippen LogP contribution in [0.3, 0.4) is 0 Å². The van der Waals surface area contributed by atoms with Gasteiger partial charge in [0.2, 0.25) is 11.7 Å². The lowest BCUT2D eigenvalue weighted by atomic mass is 10.0. The number of carbonyl (C=O) groups is 5. The Kier molecular flexibility index (Phi) is 10.9. The normalized spacial score (nSPS) is 12.9. The van der Waals surface area contributed by atoms with Gasteiger partial charge in [0, 0.05) is 44.3 Å². The molecule has 31 heavy (non-hydrogen) atoms. The van der Waals surface area contributed by atoms with Crippen molar-refractivity contribution in [3.63, 3.8) is 0 Å². The maximum Gasteiger partial charge on any atom is 0.290 e. The number of hydrogen-bond donors (Lipinski definition) is 2. The zero-order valence-electron chi connectivity index (χ0n) is 17.7. The van der Waals surface area contributed by atoms with Crippen molar-refractivity contribution in [1.82, 2.24) is 20.7 Å². The summed E-state index contributed by atoms with van der Waals surface area (Å²) in [6, 6.07) is 0.490. The molecule has 0 aliphatic rings. The lowest BCUT2D eigenvalue weighted by Gasteiger charge is -2.27. The van der Waals surface area contributed by atoms with Gasteiger partial charge in [0.25, 0.3) is 11.8 Å². The fourth-order valence-corrected chi connectivity index (χ4v) is 2.60. The Morgan fingerprint density at radius 1 is 1.29 bits per heavy atom. The van der Waals surface area contributed by atoms with E-state index in [4.69, 9.17) is 4.52 Å². The number of nitrogens with zero attached hydrogens (tertiary/aromatic N) is 2. The highest BCUT2D eigenvalue weighted by Gasteiger charge is 2.28. The van der Waals surface area contributed by atoms with Gasteiger partial charge in [-0.3, -0.25) is 19.2 Å². The van der Waals surface area contributed by atoms with Crippen LogP contribution in [0, 0.1) is 0 Å². The quantitative estimate of drug-likeness (QED) is 0.281. The Bertz CT molecular complexity index is 870. The van der Waals surface area contributed by atoms with Crippen LogP contribution in [0.2, 0.25) is 0 Å². The van der Waals surface area contributed by atoms with Crippen molar-refractivity contribution < 1.29 is 28.5 Å². The molecule has 10 heteroatoms. The van der Waals surface area contributed by atoms with E-state index in [-0.39, 0.29) is 36.3 Å². The molecule has 0 saturated carbocycles. The molecule has 0 radical (unpaired) electrons. The molecule has 1 atom stereocenters. The molecule has 0 aromatic carbocycles. The van der Waals surface area contributed by atoms with E-state index in [1.54, 1.807) is 19.1 Å². The number of likely N-dealkylation sites (N-methyl/N-ethyl adjacent to an activating group) is 2. The molecule has 2 N–H and O–H groups in total. The third-order valence-electron chi connectivity index (χ3n) is 4.26. The standard InChI is InChI=1S/C21H26N4O6/c1-4-5-7-16(21(30)25(3)17(8-6-13-26)19(28)22-2)15(14-27)9-11-23-20(29)18-10-12-24-31-18/h4-5,7,9-10,12-14,17H,6,8,11H2,1-3H3,(H,22,28)(H,23,29)/b5-4-,15-9+,16-7+. The third kappa shape index (κ3) is 7.50. The fourth-order valence-electron chi connectivity index (χ4n) is 2.60. The Balaban J connectivity index is 3.10. The molecule has 0 fully saturated rings. The predicted octanol–water partition coefficient (Wildman–Crippen LogP) is 0.584. The van der Waals surface area contributed by atoms with Crippen molar-refractivity contribution in [3.8, 4) is 0 Å². The Hall–Kier alpha value is -3.82. The third-order valence-corrected chi connectivity index (χ3v) is 4.26. The summed E-state index contributed by atoms with van der Waals surface area (Å²) in [6.07, 6.45) is 8.77. The first-order valence-electron chi connectivity index (χ1n) is 9.51. The van der Waals surface area contributed by atoms with Crippen LogP contribution in [0.15, 0.2) is 52.2 Å². The largest absolute Gasteiger partial charge is 0.357 e. The number of nitrogens with one attached hydrogen (secondary N) is 2. The second-order valence-electron chi connectivity index (χ2n) is 6.26. The Morgan fingerprint density at radius 2 is 2.03 bits per heavy atom. The van der Waals surface area contributed by atoms with E-state index in [0.717, 1.165) is 0 Å². The van der Waals surface area contributed by atoms with Gasteiger partial charge in [0.1, 0.15) is 12.3 Å². The molecule has 1 heterocycles. The van der Waals surface area contributed by atoms with Gasteiger partial charge in [-0.25, -0.2) is 0 Å². The first kappa shape index (κ1) is 25.2. The molecule has 0 aliphatic heterocycles. The number of rotatable bonds is 12. The summed E-state index contributed by atoms with van der Waals surface area (Å²) in [5.74, 6) is -1.54. The summed E-state index contributed by atoms with van der Waals surface area (Å²) in [6.45, 7) is 1.68. The van der Waals surface area contributed by atoms with E-state index < -0.39 is 23.8 Å². The molecule has 166 valence electrons. The summed E-state index contributed by atoms with van der Waals surface area (Å²) in [7, 11) is 2.85. The number of hydrogen-bond acceptors (Lipinski definition) is 7. The van der Waals surface area contributed by atoms with Gasteiger partial charge >= 0.3 is 0 Å². The molecular formula is C21H26N4O6. The van der Waals surface area contributed by atoms with Crippen molar-refractivity contribution in [3.05, 3.63) is 53.5 Å². The van der Waals surface area contributed by atoms with E-state index in [9.17, 15) is 24.0 Å². The van der Waals surface area contributed by atoms with Crippen LogP contribution in [0.1, 0.15) is 30.3 Å². The Morgan fingerprint density at radius 3 is 2.58 bits per heavy atom. The smallest absolute Gasteiger partial charge is 0.290 e. The minimum absolute atomic E-state index is 0.00476. The van der Waals surface area contributed by atoms with Crippen molar-refractivity contribution in [2.24, 2.45) is 0 Å². The van der Waals surface area contributed by atoms with Crippen LogP contribution in [-0.4, -0.2) is 67.0 Å². The number of amides is 3. The lowest BCUT2D eigenvalue weighted by Crippen LogP contribution is -2.47. The maximum absolute atomic E-state index is 13.1. The summed E-state index contributed by atoms with van der Waals surface area (Å²) in [4.78, 5) is 60.9. The van der Waals surface area contributed by atoms with Gasteiger partial charge in [-0.1, -0.05) is 23.4 Å². The van der Waals surface area contributed by atoms with E-state index in [2.05, 4.69) is 15.8 Å². The second-order valence-corrected chi connectivity index (χ2v) is 6.26. The molecule has 1 aromatic rings. The topological polar surface area (TPSA) is 139 Å². The molecular weight excluding hydrogens is 404 g/mol. The van der Waals surface area contributed by atoms with Crippen molar-refractivity contribution in [1.29, 1.82) is 0 Å². The van der Waals surface area contributed by atoms with Gasteiger partial charge in [0.05, 0.1) is 6.20 Å². The number of aromatic nitrogens is 1. The average Bonchev–Trinajstić information content (AvgIpc) is 3.32. The van der Waals surface area contributed by atoms with Gasteiger partial charge < -0.3 is 24.9 Å². The van der Waals surface area contributed by atoms with E-state index >= 15 is 0 Å². The SMILES string of the molecule is C\C=C/C=C(C(=O)N(C)C(CCC=O)C(=O)NC)\C(C=O)=C\CNC(=O)c1ccno1. The van der Waals surface area contributed by atoms with Crippen LogP contribution in [0.25, 0.3) is 0 Å². The first-order valence-corrected chi connectivity index (χ1v) is 9.51. The predicted molar refractivity (Wildman–Crippen MR) is 112 cm³/mol. The molecule has 1 aromatic heterocycles. The highest BCUT2D eigenvalue weighted by Crippen LogP contribution is 2.16. The molecule has 0 bridgehead atoms. The van der Waals surface area contributed by atoms with Gasteiger partial charge in [-0.15, -0.1) is 0 Å². The zero-order valence-corrected chi connectivity index (χ0v) is 17.7. The van der Waals surface area contributed by atoms with E-state index in [0.29, 0.717) is 12.6 Å². The van der Waals surface area contributed by atoms with E-state index in [1.165, 1.54) is 43.4 Å². The fraction of sp³-hybridized carbons (Fsp3) is 0.333. The number of aldehydes is 2. The summed E-state index contributed by atoms with van der Waals surface area (Å²) < 4.78 is 4.74. The van der Waals surface area contributed by atoms with Crippen LogP contribution in [0.4, 0.5) is 0 Å². The van der Waals surface area contributed by atoms with Crippen LogP contribution in [-0.2, 0) is 19.2 Å². The number of carbonyl (C=O) groups excluding carboxylic acids is 5. The molecule has 1 unspecified atom stereocenters. The van der Waals surface area contributed by atoms with Gasteiger partial charge in [0.15, 0.2) is 6.29 Å². The minimum atomic E-state index is -0.893. The average molecular weight is 430 g/mol. The zero-order chi connectivity index (χ0) is 23.2. The van der Waals surface area contributed by atoms with Gasteiger partial charge in [-0.2, -0.15) is 0 Å². The molecule has 3 amide bonds. The monoisotopic (exact) mass is 430 g/mol. The molecule has 0 spiro atoms. The molecule has 1 rings (SSSR count). The summed E-state index contributed by atoms with van der Waals surface area (Å²) >= 11 is 0. The highest BCUT2D eigenvalue weighted by molar-refractivity contribution is 6.06. The maximum atomic E-state index is 13.1. The van der Waals surface area contributed by atoms with Crippen LogP contribution in [0.5, 0.6) is 0 Å². The molecule has 0 aliphatic carbocycles. The van der Waals surface area contributed by atoms with E-state index in [1.807, 2.05) is 0 Å². The number of allylic oxidation sites excluding steroid dienone is 3.